The first kappa shape index (κ1) is 14.4. The highest BCUT2D eigenvalue weighted by Gasteiger charge is 2.19. The van der Waals surface area contributed by atoms with Gasteiger partial charge in [-0.05, 0) is 11.8 Å². The lowest BCUT2D eigenvalue weighted by Gasteiger charge is -2.22. The van der Waals surface area contributed by atoms with Gasteiger partial charge < -0.3 is 5.73 Å². The van der Waals surface area contributed by atoms with Crippen LogP contribution in [-0.4, -0.2) is 25.9 Å². The predicted molar refractivity (Wildman–Crippen MR) is 78.5 cm³/mol. The molecule has 2 rings (SSSR count). The zero-order chi connectivity index (χ0) is 14.2. The van der Waals surface area contributed by atoms with Crippen molar-refractivity contribution in [3.8, 4) is 0 Å². The predicted octanol–water partition coefficient (Wildman–Crippen LogP) is 2.62. The SMILES string of the molecule is CC(C)c1nnc2sc(CC(N)CC(C)(C)C)nn12. The van der Waals surface area contributed by atoms with Gasteiger partial charge in [-0.2, -0.15) is 9.61 Å². The normalized spacial score (nSPS) is 14.5. The van der Waals surface area contributed by atoms with E-state index in [0.29, 0.717) is 5.92 Å². The molecule has 1 unspecified atom stereocenters. The van der Waals surface area contributed by atoms with Crippen molar-refractivity contribution in [2.75, 3.05) is 0 Å². The Morgan fingerprint density at radius 1 is 1.26 bits per heavy atom. The highest BCUT2D eigenvalue weighted by atomic mass is 32.1. The molecule has 19 heavy (non-hydrogen) atoms. The van der Waals surface area contributed by atoms with Gasteiger partial charge >= 0.3 is 0 Å². The van der Waals surface area contributed by atoms with Gasteiger partial charge in [0.1, 0.15) is 5.01 Å². The molecule has 1 atom stereocenters. The summed E-state index contributed by atoms with van der Waals surface area (Å²) in [5, 5.41) is 14.0. The Morgan fingerprint density at radius 2 is 1.95 bits per heavy atom. The second kappa shape index (κ2) is 5.17. The van der Waals surface area contributed by atoms with Crippen LogP contribution in [0, 0.1) is 5.41 Å². The van der Waals surface area contributed by atoms with Gasteiger partial charge in [-0.1, -0.05) is 46.0 Å². The van der Waals surface area contributed by atoms with E-state index in [4.69, 9.17) is 5.73 Å². The Morgan fingerprint density at radius 3 is 2.53 bits per heavy atom. The van der Waals surface area contributed by atoms with E-state index in [-0.39, 0.29) is 11.5 Å². The van der Waals surface area contributed by atoms with E-state index in [9.17, 15) is 0 Å². The fourth-order valence-electron chi connectivity index (χ4n) is 2.20. The van der Waals surface area contributed by atoms with E-state index in [1.165, 1.54) is 0 Å². The van der Waals surface area contributed by atoms with Crippen LogP contribution in [-0.2, 0) is 6.42 Å². The van der Waals surface area contributed by atoms with Crippen molar-refractivity contribution in [2.24, 2.45) is 11.1 Å². The van der Waals surface area contributed by atoms with Crippen molar-refractivity contribution in [3.63, 3.8) is 0 Å². The number of rotatable bonds is 4. The minimum absolute atomic E-state index is 0.145. The molecule has 0 radical (unpaired) electrons. The quantitative estimate of drug-likeness (QED) is 0.935. The fraction of sp³-hybridized carbons (Fsp3) is 0.769. The van der Waals surface area contributed by atoms with Crippen LogP contribution in [0.1, 0.15) is 57.8 Å². The van der Waals surface area contributed by atoms with E-state index < -0.39 is 0 Å². The van der Waals surface area contributed by atoms with Gasteiger partial charge in [0.25, 0.3) is 0 Å². The number of fused-ring (bicyclic) bond motifs is 1. The van der Waals surface area contributed by atoms with Gasteiger partial charge in [-0.15, -0.1) is 10.2 Å². The van der Waals surface area contributed by atoms with Crippen LogP contribution in [0.4, 0.5) is 0 Å². The monoisotopic (exact) mass is 281 g/mol. The summed E-state index contributed by atoms with van der Waals surface area (Å²) in [5.74, 6) is 1.25. The zero-order valence-corrected chi connectivity index (χ0v) is 13.2. The van der Waals surface area contributed by atoms with Crippen LogP contribution < -0.4 is 5.73 Å². The molecule has 2 N–H and O–H groups in total. The number of nitrogens with zero attached hydrogens (tertiary/aromatic N) is 4. The number of hydrogen-bond acceptors (Lipinski definition) is 5. The summed E-state index contributed by atoms with van der Waals surface area (Å²) in [5.41, 5.74) is 6.45. The topological polar surface area (TPSA) is 69.1 Å². The number of aromatic nitrogens is 4. The van der Waals surface area contributed by atoms with E-state index >= 15 is 0 Å². The molecule has 2 heterocycles. The molecule has 0 aliphatic heterocycles. The summed E-state index contributed by atoms with van der Waals surface area (Å²) in [6.07, 6.45) is 1.80. The first-order valence-corrected chi connectivity index (χ1v) is 7.54. The average molecular weight is 281 g/mol. The summed E-state index contributed by atoms with van der Waals surface area (Å²) < 4.78 is 1.86. The molecule has 2 aromatic rings. The van der Waals surface area contributed by atoms with Crippen LogP contribution in [0.3, 0.4) is 0 Å². The highest BCUT2D eigenvalue weighted by Crippen LogP contribution is 2.24. The lowest BCUT2D eigenvalue weighted by Crippen LogP contribution is -2.28. The molecule has 0 bridgehead atoms. The highest BCUT2D eigenvalue weighted by molar-refractivity contribution is 7.16. The lowest BCUT2D eigenvalue weighted by molar-refractivity contribution is 0.338. The second-order valence-corrected chi connectivity index (χ2v) is 7.67. The Bertz CT molecular complexity index is 549. The molecule has 0 saturated heterocycles. The molecule has 0 spiro atoms. The Kier molecular flexibility index (Phi) is 3.92. The minimum Gasteiger partial charge on any atom is -0.327 e. The zero-order valence-electron chi connectivity index (χ0n) is 12.3. The smallest absolute Gasteiger partial charge is 0.234 e. The van der Waals surface area contributed by atoms with Gasteiger partial charge in [-0.3, -0.25) is 0 Å². The Hall–Kier alpha value is -1.01. The average Bonchev–Trinajstić information content (AvgIpc) is 2.71. The molecule has 0 fully saturated rings. The molecule has 106 valence electrons. The molecule has 0 amide bonds. The van der Waals surface area contributed by atoms with Crippen molar-refractivity contribution in [2.45, 2.75) is 59.4 Å². The summed E-state index contributed by atoms with van der Waals surface area (Å²) in [4.78, 5) is 0.863. The second-order valence-electron chi connectivity index (χ2n) is 6.63. The molecular formula is C13H23N5S. The van der Waals surface area contributed by atoms with Crippen LogP contribution in [0.15, 0.2) is 0 Å². The summed E-state index contributed by atoms with van der Waals surface area (Å²) >= 11 is 1.59. The molecule has 5 nitrogen and oxygen atoms in total. The maximum Gasteiger partial charge on any atom is 0.234 e. The van der Waals surface area contributed by atoms with Gasteiger partial charge in [0.05, 0.1) is 0 Å². The largest absolute Gasteiger partial charge is 0.327 e. The van der Waals surface area contributed by atoms with Gasteiger partial charge in [-0.25, -0.2) is 0 Å². The van der Waals surface area contributed by atoms with E-state index in [1.807, 2.05) is 4.52 Å². The molecule has 2 aromatic heterocycles. The van der Waals surface area contributed by atoms with Crippen LogP contribution in [0.5, 0.6) is 0 Å². The van der Waals surface area contributed by atoms with Gasteiger partial charge in [0.2, 0.25) is 4.96 Å². The van der Waals surface area contributed by atoms with E-state index in [0.717, 1.165) is 28.6 Å². The van der Waals surface area contributed by atoms with Crippen molar-refractivity contribution in [1.29, 1.82) is 0 Å². The maximum absolute atomic E-state index is 6.20. The van der Waals surface area contributed by atoms with Crippen molar-refractivity contribution >= 4 is 16.3 Å². The minimum atomic E-state index is 0.145. The third-order valence-electron chi connectivity index (χ3n) is 2.88. The molecule has 0 aromatic carbocycles. The number of nitrogens with two attached hydrogens (primary N) is 1. The van der Waals surface area contributed by atoms with Crippen LogP contribution in [0.2, 0.25) is 0 Å². The third-order valence-corrected chi connectivity index (χ3v) is 3.81. The Labute approximate surface area is 118 Å². The fourth-order valence-corrected chi connectivity index (χ4v) is 3.13. The summed E-state index contributed by atoms with van der Waals surface area (Å²) in [6, 6.07) is 0.145. The van der Waals surface area contributed by atoms with E-state index in [2.05, 4.69) is 49.9 Å². The first-order valence-electron chi connectivity index (χ1n) is 6.73. The summed E-state index contributed by atoms with van der Waals surface area (Å²) in [6.45, 7) is 10.8. The first-order chi connectivity index (χ1) is 8.76. The molecule has 0 aliphatic rings. The van der Waals surface area contributed by atoms with Crippen molar-refractivity contribution in [1.82, 2.24) is 19.8 Å². The lowest BCUT2D eigenvalue weighted by atomic mass is 9.87. The number of hydrogen-bond donors (Lipinski definition) is 1. The summed E-state index contributed by atoms with van der Waals surface area (Å²) in [7, 11) is 0. The van der Waals surface area contributed by atoms with Crippen LogP contribution >= 0.6 is 11.3 Å². The van der Waals surface area contributed by atoms with Crippen molar-refractivity contribution in [3.05, 3.63) is 10.8 Å². The van der Waals surface area contributed by atoms with Crippen LogP contribution in [0.25, 0.3) is 4.96 Å². The van der Waals surface area contributed by atoms with E-state index in [1.54, 1.807) is 11.3 Å². The maximum atomic E-state index is 6.20. The molecule has 0 saturated carbocycles. The van der Waals surface area contributed by atoms with Gasteiger partial charge in [0, 0.05) is 18.4 Å². The van der Waals surface area contributed by atoms with Gasteiger partial charge in [0.15, 0.2) is 5.82 Å². The Balaban J connectivity index is 2.14. The molecular weight excluding hydrogens is 258 g/mol. The standard InChI is InChI=1S/C13H23N5S/c1-8(2)11-15-16-12-18(11)17-10(19-12)6-9(14)7-13(3,4)5/h8-9H,6-7,14H2,1-5H3. The third kappa shape index (κ3) is 3.51. The molecule has 0 aliphatic carbocycles. The molecule has 6 heteroatoms. The van der Waals surface area contributed by atoms with Crippen molar-refractivity contribution < 1.29 is 0 Å².